The van der Waals surface area contributed by atoms with Crippen LogP contribution in [-0.4, -0.2) is 56.4 Å². The number of benzene rings is 2. The smallest absolute Gasteiger partial charge is 0.255 e. The number of nitrogens with one attached hydrogen (secondary N) is 1. The van der Waals surface area contributed by atoms with Gasteiger partial charge in [-0.25, -0.2) is 4.98 Å². The highest BCUT2D eigenvalue weighted by Crippen LogP contribution is 2.33. The van der Waals surface area contributed by atoms with Crippen molar-refractivity contribution < 1.29 is 19.2 Å². The number of likely N-dealkylation sites (tertiary alicyclic amines) is 1. The van der Waals surface area contributed by atoms with Crippen LogP contribution in [0.15, 0.2) is 54.0 Å². The van der Waals surface area contributed by atoms with E-state index < -0.39 is 11.6 Å². The zero-order valence-electron chi connectivity index (χ0n) is 22.6. The average Bonchev–Trinajstić information content (AvgIpc) is 3.58. The van der Waals surface area contributed by atoms with Crippen molar-refractivity contribution in [2.45, 2.75) is 58.8 Å². The summed E-state index contributed by atoms with van der Waals surface area (Å²) < 4.78 is 0. The van der Waals surface area contributed by atoms with Gasteiger partial charge in [-0.2, -0.15) is 0 Å². The van der Waals surface area contributed by atoms with Crippen molar-refractivity contribution in [3.63, 3.8) is 0 Å². The van der Waals surface area contributed by atoms with Gasteiger partial charge >= 0.3 is 0 Å². The number of carbonyl (C=O) groups is 4. The molecule has 2 aromatic carbocycles. The van der Waals surface area contributed by atoms with E-state index in [1.165, 1.54) is 4.90 Å². The lowest BCUT2D eigenvalue weighted by atomic mass is 9.94. The predicted molar refractivity (Wildman–Crippen MR) is 149 cm³/mol. The first-order chi connectivity index (χ1) is 18.6. The Hall–Kier alpha value is -3.85. The fraction of sp³-hybridized carbons (Fsp3) is 0.367. The van der Waals surface area contributed by atoms with Crippen molar-refractivity contribution in [2.75, 3.05) is 6.54 Å². The molecule has 0 aliphatic carbocycles. The van der Waals surface area contributed by atoms with Crippen molar-refractivity contribution in [3.8, 4) is 10.4 Å². The summed E-state index contributed by atoms with van der Waals surface area (Å²) in [4.78, 5) is 61.7. The van der Waals surface area contributed by atoms with Gasteiger partial charge in [0.15, 0.2) is 5.78 Å². The molecule has 3 heterocycles. The van der Waals surface area contributed by atoms with Gasteiger partial charge in [-0.05, 0) is 42.5 Å². The number of fused-ring (bicyclic) bond motifs is 1. The number of thiazole rings is 1. The van der Waals surface area contributed by atoms with Gasteiger partial charge in [0, 0.05) is 25.1 Å². The van der Waals surface area contributed by atoms with Crippen LogP contribution in [0.1, 0.15) is 54.4 Å². The second kappa shape index (κ2) is 10.4. The fourth-order valence-corrected chi connectivity index (χ4v) is 6.39. The normalized spacial score (nSPS) is 19.5. The first-order valence-corrected chi connectivity index (χ1v) is 14.0. The fourth-order valence-electron chi connectivity index (χ4n) is 5.58. The summed E-state index contributed by atoms with van der Waals surface area (Å²) in [5, 5.41) is 2.94. The van der Waals surface area contributed by atoms with E-state index >= 15 is 0 Å². The van der Waals surface area contributed by atoms with Crippen LogP contribution in [0.4, 0.5) is 0 Å². The van der Waals surface area contributed by atoms with E-state index in [4.69, 9.17) is 0 Å². The number of nitrogens with zero attached hydrogens (tertiary/aromatic N) is 3. The monoisotopic (exact) mass is 544 g/mol. The molecule has 39 heavy (non-hydrogen) atoms. The van der Waals surface area contributed by atoms with Crippen LogP contribution in [0, 0.1) is 12.8 Å². The summed E-state index contributed by atoms with van der Waals surface area (Å²) in [5.74, 6) is -1.35. The molecule has 0 spiro atoms. The van der Waals surface area contributed by atoms with Crippen LogP contribution in [0.5, 0.6) is 0 Å². The molecule has 2 aliphatic rings. The van der Waals surface area contributed by atoms with Crippen molar-refractivity contribution in [2.24, 2.45) is 5.92 Å². The minimum absolute atomic E-state index is 0.0623. The van der Waals surface area contributed by atoms with E-state index in [1.807, 2.05) is 62.7 Å². The maximum absolute atomic E-state index is 14.0. The number of ketones is 1. The SMILES string of the molecule is Cc1ncsc1-c1ccc(CNC(=O)C2(C)CC(=O)CN2C(=O)[C@H](C(C)C)N2Cc3ccccc3C2=O)cc1. The third-order valence-electron chi connectivity index (χ3n) is 7.71. The number of amides is 3. The van der Waals surface area contributed by atoms with E-state index in [9.17, 15) is 19.2 Å². The van der Waals surface area contributed by atoms with Crippen LogP contribution < -0.4 is 5.32 Å². The van der Waals surface area contributed by atoms with Crippen molar-refractivity contribution >= 4 is 34.8 Å². The molecular formula is C30H32N4O4S. The summed E-state index contributed by atoms with van der Waals surface area (Å²) in [7, 11) is 0. The summed E-state index contributed by atoms with van der Waals surface area (Å²) >= 11 is 1.58. The van der Waals surface area contributed by atoms with Crippen molar-refractivity contribution in [1.29, 1.82) is 0 Å². The Labute approximate surface area is 232 Å². The molecule has 1 N–H and O–H groups in total. The summed E-state index contributed by atoms with van der Waals surface area (Å²) in [5.41, 5.74) is 4.88. The molecule has 0 saturated carbocycles. The third kappa shape index (κ3) is 4.87. The minimum atomic E-state index is -1.34. The third-order valence-corrected chi connectivity index (χ3v) is 8.69. The van der Waals surface area contributed by atoms with Gasteiger partial charge < -0.3 is 15.1 Å². The quantitative estimate of drug-likeness (QED) is 0.485. The molecule has 2 atom stereocenters. The Morgan fingerprint density at radius 2 is 1.79 bits per heavy atom. The number of aryl methyl sites for hydroxylation is 1. The zero-order chi connectivity index (χ0) is 27.9. The molecule has 9 heteroatoms. The molecular weight excluding hydrogens is 512 g/mol. The number of hydrogen-bond donors (Lipinski definition) is 1. The molecule has 3 amide bonds. The number of Topliss-reactive ketones (excluding diaryl/α,β-unsaturated/α-hetero) is 1. The Kier molecular flexibility index (Phi) is 7.11. The number of carbonyl (C=O) groups excluding carboxylic acids is 4. The minimum Gasteiger partial charge on any atom is -0.350 e. The van der Waals surface area contributed by atoms with Gasteiger partial charge in [0.2, 0.25) is 11.8 Å². The summed E-state index contributed by atoms with van der Waals surface area (Å²) in [6.07, 6.45) is -0.0623. The van der Waals surface area contributed by atoms with Crippen LogP contribution in [0.3, 0.4) is 0 Å². The van der Waals surface area contributed by atoms with Gasteiger partial charge in [0.1, 0.15) is 11.6 Å². The lowest BCUT2D eigenvalue weighted by Crippen LogP contribution is -2.60. The molecule has 1 saturated heterocycles. The van der Waals surface area contributed by atoms with Crippen LogP contribution in [0.2, 0.25) is 0 Å². The molecule has 0 radical (unpaired) electrons. The predicted octanol–water partition coefficient (Wildman–Crippen LogP) is 3.98. The molecule has 202 valence electrons. The first kappa shape index (κ1) is 26.7. The van der Waals surface area contributed by atoms with E-state index in [0.29, 0.717) is 12.1 Å². The highest BCUT2D eigenvalue weighted by Gasteiger charge is 2.52. The Bertz CT molecular complexity index is 1450. The van der Waals surface area contributed by atoms with Gasteiger partial charge in [-0.1, -0.05) is 56.3 Å². The Morgan fingerprint density at radius 1 is 1.08 bits per heavy atom. The zero-order valence-corrected chi connectivity index (χ0v) is 23.4. The van der Waals surface area contributed by atoms with Gasteiger partial charge in [0.25, 0.3) is 5.91 Å². The highest BCUT2D eigenvalue weighted by molar-refractivity contribution is 7.13. The largest absolute Gasteiger partial charge is 0.350 e. The van der Waals surface area contributed by atoms with Crippen LogP contribution >= 0.6 is 11.3 Å². The lowest BCUT2D eigenvalue weighted by molar-refractivity contribution is -0.148. The number of aromatic nitrogens is 1. The van der Waals surface area contributed by atoms with E-state index in [-0.39, 0.29) is 48.9 Å². The van der Waals surface area contributed by atoms with Crippen molar-refractivity contribution in [3.05, 3.63) is 76.4 Å². The lowest BCUT2D eigenvalue weighted by Gasteiger charge is -2.39. The molecule has 1 fully saturated rings. The summed E-state index contributed by atoms with van der Waals surface area (Å²) in [6.45, 7) is 7.81. The van der Waals surface area contributed by atoms with E-state index in [1.54, 1.807) is 35.3 Å². The van der Waals surface area contributed by atoms with Gasteiger partial charge in [-0.3, -0.25) is 19.2 Å². The second-order valence-electron chi connectivity index (χ2n) is 10.8. The molecule has 1 aromatic heterocycles. The Morgan fingerprint density at radius 3 is 2.44 bits per heavy atom. The standard InChI is InChI=1S/C30H32N4O4S/c1-18(2)25(33-15-22-7-5-6-8-24(22)27(33)36)28(37)34-16-23(35)13-30(34,4)29(38)31-14-20-9-11-21(12-10-20)26-19(3)32-17-39-26/h5-12,17-18,25H,13-16H2,1-4H3,(H,31,38)/t25-,30?/m0/s1. The molecule has 2 aliphatic heterocycles. The number of rotatable bonds is 7. The topological polar surface area (TPSA) is 99.7 Å². The highest BCUT2D eigenvalue weighted by atomic mass is 32.1. The second-order valence-corrected chi connectivity index (χ2v) is 11.7. The van der Waals surface area contributed by atoms with Crippen LogP contribution in [0.25, 0.3) is 10.4 Å². The molecule has 1 unspecified atom stereocenters. The Balaban J connectivity index is 1.32. The molecule has 0 bridgehead atoms. The first-order valence-electron chi connectivity index (χ1n) is 13.1. The van der Waals surface area contributed by atoms with Gasteiger partial charge in [-0.15, -0.1) is 11.3 Å². The van der Waals surface area contributed by atoms with E-state index in [0.717, 1.165) is 27.3 Å². The van der Waals surface area contributed by atoms with Gasteiger partial charge in [0.05, 0.1) is 22.6 Å². The average molecular weight is 545 g/mol. The molecule has 3 aromatic rings. The maximum atomic E-state index is 14.0. The summed E-state index contributed by atoms with van der Waals surface area (Å²) in [6, 6.07) is 14.4. The molecule has 8 nitrogen and oxygen atoms in total. The molecule has 5 rings (SSSR count). The van der Waals surface area contributed by atoms with E-state index in [2.05, 4.69) is 10.3 Å². The number of hydrogen-bond acceptors (Lipinski definition) is 6. The maximum Gasteiger partial charge on any atom is 0.255 e. The van der Waals surface area contributed by atoms with Crippen molar-refractivity contribution in [1.82, 2.24) is 20.1 Å². The van der Waals surface area contributed by atoms with Crippen LogP contribution in [-0.2, 0) is 27.5 Å².